The van der Waals surface area contributed by atoms with Gasteiger partial charge in [0.25, 0.3) is 0 Å². The van der Waals surface area contributed by atoms with Crippen molar-refractivity contribution < 1.29 is 14.6 Å². The summed E-state index contributed by atoms with van der Waals surface area (Å²) in [5.41, 5.74) is 2.55. The third-order valence-electron chi connectivity index (χ3n) is 3.09. The predicted molar refractivity (Wildman–Crippen MR) is 88.8 cm³/mol. The molecule has 0 radical (unpaired) electrons. The molecule has 2 aromatic rings. The van der Waals surface area contributed by atoms with Gasteiger partial charge in [0.15, 0.2) is 0 Å². The predicted octanol–water partition coefficient (Wildman–Crippen LogP) is 3.50. The van der Waals surface area contributed by atoms with Crippen molar-refractivity contribution >= 4 is 18.4 Å². The monoisotopic (exact) mass is 321 g/mol. The number of ether oxygens (including phenoxy) is 1. The third kappa shape index (κ3) is 5.39. The number of nitrogens with one attached hydrogen (secondary N) is 1. The number of benzene rings is 2. The van der Waals surface area contributed by atoms with Crippen LogP contribution in [0.5, 0.6) is 5.75 Å². The Hall–Kier alpha value is -2.04. The lowest BCUT2D eigenvalue weighted by Crippen LogP contribution is -2.12. The summed E-state index contributed by atoms with van der Waals surface area (Å²) in [7, 11) is 0. The zero-order chi connectivity index (χ0) is 15.1. The summed E-state index contributed by atoms with van der Waals surface area (Å²) in [5, 5.41) is 12.2. The maximum absolute atomic E-state index is 10.8. The second kappa shape index (κ2) is 9.07. The van der Waals surface area contributed by atoms with Gasteiger partial charge in [-0.25, -0.2) is 4.79 Å². The van der Waals surface area contributed by atoms with E-state index in [-0.39, 0.29) is 12.4 Å². The summed E-state index contributed by atoms with van der Waals surface area (Å²) >= 11 is 0. The second-order valence-electron chi connectivity index (χ2n) is 4.68. The SMILES string of the molecule is CCOc1ccc(CNCc2ccc(C(=O)O)cc2)cc1.Cl. The van der Waals surface area contributed by atoms with E-state index >= 15 is 0 Å². The van der Waals surface area contributed by atoms with Crippen molar-refractivity contribution in [3.8, 4) is 5.75 Å². The number of halogens is 1. The highest BCUT2D eigenvalue weighted by Gasteiger charge is 2.01. The van der Waals surface area contributed by atoms with Gasteiger partial charge in [-0.2, -0.15) is 0 Å². The van der Waals surface area contributed by atoms with Crippen LogP contribution in [0.2, 0.25) is 0 Å². The Morgan fingerprint density at radius 2 is 1.50 bits per heavy atom. The summed E-state index contributed by atoms with van der Waals surface area (Å²) in [6.45, 7) is 4.09. The van der Waals surface area contributed by atoms with Crippen molar-refractivity contribution in [2.24, 2.45) is 0 Å². The van der Waals surface area contributed by atoms with Crippen LogP contribution in [0.15, 0.2) is 48.5 Å². The van der Waals surface area contributed by atoms with E-state index in [1.807, 2.05) is 43.3 Å². The van der Waals surface area contributed by atoms with Crippen molar-refractivity contribution in [2.45, 2.75) is 20.0 Å². The number of hydrogen-bond acceptors (Lipinski definition) is 3. The molecule has 22 heavy (non-hydrogen) atoms. The van der Waals surface area contributed by atoms with Crippen molar-refractivity contribution in [2.75, 3.05) is 6.61 Å². The standard InChI is InChI=1S/C17H19NO3.ClH/c1-2-21-16-9-5-14(6-10-16)12-18-11-13-3-7-15(8-4-13)17(19)20;/h3-10,18H,2,11-12H2,1H3,(H,19,20);1H. The number of aromatic carboxylic acids is 1. The maximum atomic E-state index is 10.8. The van der Waals surface area contributed by atoms with Crippen LogP contribution in [-0.2, 0) is 13.1 Å². The highest BCUT2D eigenvalue weighted by molar-refractivity contribution is 5.87. The molecule has 0 unspecified atom stereocenters. The molecular weight excluding hydrogens is 302 g/mol. The van der Waals surface area contributed by atoms with E-state index in [0.717, 1.165) is 17.9 Å². The summed E-state index contributed by atoms with van der Waals surface area (Å²) < 4.78 is 5.40. The number of carbonyl (C=O) groups is 1. The molecule has 0 atom stereocenters. The van der Waals surface area contributed by atoms with Gasteiger partial charge in [0.2, 0.25) is 0 Å². The second-order valence-corrected chi connectivity index (χ2v) is 4.68. The lowest BCUT2D eigenvalue weighted by Gasteiger charge is -2.07. The molecule has 2 rings (SSSR count). The van der Waals surface area contributed by atoms with Gasteiger partial charge in [-0.3, -0.25) is 0 Å². The summed E-state index contributed by atoms with van der Waals surface area (Å²) in [4.78, 5) is 10.8. The first-order chi connectivity index (χ1) is 10.2. The Morgan fingerprint density at radius 3 is 1.95 bits per heavy atom. The number of rotatable bonds is 7. The average Bonchev–Trinajstić information content (AvgIpc) is 2.50. The fourth-order valence-electron chi connectivity index (χ4n) is 1.99. The van der Waals surface area contributed by atoms with E-state index in [2.05, 4.69) is 5.32 Å². The van der Waals surface area contributed by atoms with Crippen LogP contribution in [-0.4, -0.2) is 17.7 Å². The molecule has 0 spiro atoms. The first-order valence-electron chi connectivity index (χ1n) is 6.93. The van der Waals surface area contributed by atoms with Crippen LogP contribution < -0.4 is 10.1 Å². The summed E-state index contributed by atoms with van der Waals surface area (Å²) in [5.74, 6) is -0.0191. The van der Waals surface area contributed by atoms with E-state index in [9.17, 15) is 4.79 Å². The lowest BCUT2D eigenvalue weighted by atomic mass is 10.1. The molecule has 0 aliphatic carbocycles. The normalized spacial score (nSPS) is 9.86. The number of carboxylic acid groups (broad SMARTS) is 1. The van der Waals surface area contributed by atoms with Crippen molar-refractivity contribution in [3.63, 3.8) is 0 Å². The highest BCUT2D eigenvalue weighted by atomic mass is 35.5. The first kappa shape index (κ1) is 18.0. The van der Waals surface area contributed by atoms with E-state index in [1.165, 1.54) is 5.56 Å². The molecule has 2 aromatic carbocycles. The van der Waals surface area contributed by atoms with Crippen LogP contribution in [0.1, 0.15) is 28.4 Å². The Balaban J connectivity index is 0.00000242. The van der Waals surface area contributed by atoms with E-state index in [1.54, 1.807) is 12.1 Å². The van der Waals surface area contributed by atoms with Crippen LogP contribution in [0.4, 0.5) is 0 Å². The molecule has 0 aromatic heterocycles. The van der Waals surface area contributed by atoms with Gasteiger partial charge in [-0.15, -0.1) is 12.4 Å². The number of carboxylic acids is 1. The minimum Gasteiger partial charge on any atom is -0.494 e. The van der Waals surface area contributed by atoms with Gasteiger partial charge in [0.1, 0.15) is 5.75 Å². The minimum atomic E-state index is -0.899. The molecular formula is C17H20ClNO3. The molecule has 0 fully saturated rings. The van der Waals surface area contributed by atoms with Crippen LogP contribution in [0.25, 0.3) is 0 Å². The molecule has 118 valence electrons. The van der Waals surface area contributed by atoms with Crippen LogP contribution in [0.3, 0.4) is 0 Å². The maximum Gasteiger partial charge on any atom is 0.335 e. The zero-order valence-corrected chi connectivity index (χ0v) is 13.2. The highest BCUT2D eigenvalue weighted by Crippen LogP contribution is 2.12. The minimum absolute atomic E-state index is 0. The molecule has 0 amide bonds. The van der Waals surface area contributed by atoms with Crippen molar-refractivity contribution in [1.82, 2.24) is 5.32 Å². The van der Waals surface area contributed by atoms with E-state index < -0.39 is 5.97 Å². The molecule has 4 nitrogen and oxygen atoms in total. The Bertz CT molecular complexity index is 582. The van der Waals surface area contributed by atoms with Crippen molar-refractivity contribution in [3.05, 3.63) is 65.2 Å². The molecule has 0 saturated heterocycles. The molecule has 0 bridgehead atoms. The largest absolute Gasteiger partial charge is 0.494 e. The van der Waals surface area contributed by atoms with Gasteiger partial charge in [-0.1, -0.05) is 24.3 Å². The van der Waals surface area contributed by atoms with Gasteiger partial charge >= 0.3 is 5.97 Å². The number of hydrogen-bond donors (Lipinski definition) is 2. The Labute approximate surface area is 136 Å². The molecule has 0 aliphatic heterocycles. The van der Waals surface area contributed by atoms with Crippen LogP contribution in [0, 0.1) is 0 Å². The molecule has 0 heterocycles. The first-order valence-corrected chi connectivity index (χ1v) is 6.93. The summed E-state index contributed by atoms with van der Waals surface area (Å²) in [6, 6.07) is 14.9. The quantitative estimate of drug-likeness (QED) is 0.819. The van der Waals surface area contributed by atoms with Crippen molar-refractivity contribution in [1.29, 1.82) is 0 Å². The third-order valence-corrected chi connectivity index (χ3v) is 3.09. The Kier molecular flexibility index (Phi) is 7.43. The lowest BCUT2D eigenvalue weighted by molar-refractivity contribution is 0.0697. The van der Waals surface area contributed by atoms with Gasteiger partial charge in [0, 0.05) is 13.1 Å². The van der Waals surface area contributed by atoms with Crippen LogP contribution >= 0.6 is 12.4 Å². The average molecular weight is 322 g/mol. The van der Waals surface area contributed by atoms with E-state index in [0.29, 0.717) is 18.7 Å². The molecule has 2 N–H and O–H groups in total. The fraction of sp³-hybridized carbons (Fsp3) is 0.235. The van der Waals surface area contributed by atoms with Gasteiger partial charge < -0.3 is 15.2 Å². The molecule has 0 saturated carbocycles. The van der Waals surface area contributed by atoms with Gasteiger partial charge in [0.05, 0.1) is 12.2 Å². The molecule has 5 heteroatoms. The fourth-order valence-corrected chi connectivity index (χ4v) is 1.99. The smallest absolute Gasteiger partial charge is 0.335 e. The topological polar surface area (TPSA) is 58.6 Å². The zero-order valence-electron chi connectivity index (χ0n) is 12.4. The summed E-state index contributed by atoms with van der Waals surface area (Å²) in [6.07, 6.45) is 0. The van der Waals surface area contributed by atoms with Gasteiger partial charge in [-0.05, 0) is 42.3 Å². The van der Waals surface area contributed by atoms with E-state index in [4.69, 9.17) is 9.84 Å². The Morgan fingerprint density at radius 1 is 1.00 bits per heavy atom. The molecule has 0 aliphatic rings.